The largest absolute Gasteiger partial charge is 0.490 e. The zero-order valence-corrected chi connectivity index (χ0v) is 16.4. The van der Waals surface area contributed by atoms with Crippen molar-refractivity contribution in [3.05, 3.63) is 11.5 Å². The van der Waals surface area contributed by atoms with Crippen molar-refractivity contribution < 1.29 is 9.31 Å². The predicted molar refractivity (Wildman–Crippen MR) is 98.6 cm³/mol. The molecule has 2 aliphatic rings. The van der Waals surface area contributed by atoms with Crippen LogP contribution in [-0.2, 0) is 9.31 Å². The van der Waals surface area contributed by atoms with Crippen LogP contribution >= 0.6 is 0 Å². The van der Waals surface area contributed by atoms with Crippen molar-refractivity contribution >= 4 is 7.12 Å². The fourth-order valence-electron chi connectivity index (χ4n) is 3.66. The molecule has 0 spiro atoms. The van der Waals surface area contributed by atoms with E-state index in [0.29, 0.717) is 5.54 Å². The van der Waals surface area contributed by atoms with E-state index in [4.69, 9.17) is 9.31 Å². The maximum absolute atomic E-state index is 6.22. The summed E-state index contributed by atoms with van der Waals surface area (Å²) in [5.41, 5.74) is 1.15. The van der Waals surface area contributed by atoms with Gasteiger partial charge in [-0.15, -0.1) is 0 Å². The summed E-state index contributed by atoms with van der Waals surface area (Å²) in [5, 5.41) is 0. The molecule has 23 heavy (non-hydrogen) atoms. The van der Waals surface area contributed by atoms with Crippen LogP contribution in [0.1, 0.15) is 80.6 Å². The van der Waals surface area contributed by atoms with Crippen LogP contribution in [0.5, 0.6) is 0 Å². The van der Waals surface area contributed by atoms with Gasteiger partial charge in [-0.3, -0.25) is 4.90 Å². The lowest BCUT2D eigenvalue weighted by molar-refractivity contribution is 0.00578. The van der Waals surface area contributed by atoms with E-state index in [-0.39, 0.29) is 18.3 Å². The van der Waals surface area contributed by atoms with Gasteiger partial charge in [0.1, 0.15) is 0 Å². The third kappa shape index (κ3) is 3.86. The molecule has 1 heterocycles. The average molecular weight is 321 g/mol. The van der Waals surface area contributed by atoms with Gasteiger partial charge in [-0.1, -0.05) is 19.9 Å². The third-order valence-corrected chi connectivity index (χ3v) is 6.06. The first-order valence-electron chi connectivity index (χ1n) is 9.45. The van der Waals surface area contributed by atoms with E-state index in [1.807, 2.05) is 0 Å². The van der Waals surface area contributed by atoms with Crippen LogP contribution in [0.25, 0.3) is 0 Å². The molecule has 1 saturated heterocycles. The Balaban J connectivity index is 2.06. The minimum Gasteiger partial charge on any atom is -0.400 e. The molecule has 0 radical (unpaired) electrons. The van der Waals surface area contributed by atoms with Crippen molar-refractivity contribution in [2.75, 3.05) is 13.1 Å². The number of nitrogens with zero attached hydrogens (tertiary/aromatic N) is 1. The predicted octanol–water partition coefficient (Wildman–Crippen LogP) is 4.61. The van der Waals surface area contributed by atoms with E-state index in [2.05, 4.69) is 59.4 Å². The fourth-order valence-corrected chi connectivity index (χ4v) is 3.66. The molecule has 1 aliphatic heterocycles. The summed E-state index contributed by atoms with van der Waals surface area (Å²) < 4.78 is 12.4. The van der Waals surface area contributed by atoms with Gasteiger partial charge in [-0.2, -0.15) is 0 Å². The van der Waals surface area contributed by atoms with Gasteiger partial charge in [0.05, 0.1) is 11.2 Å². The summed E-state index contributed by atoms with van der Waals surface area (Å²) in [5.74, 6) is 0. The lowest BCUT2D eigenvalue weighted by Crippen LogP contribution is -2.48. The van der Waals surface area contributed by atoms with Gasteiger partial charge in [0.2, 0.25) is 0 Å². The number of rotatable bonds is 6. The highest BCUT2D eigenvalue weighted by molar-refractivity contribution is 6.54. The Labute approximate surface area is 143 Å². The molecule has 0 amide bonds. The molecule has 0 aromatic rings. The lowest BCUT2D eigenvalue weighted by atomic mass is 9.68. The van der Waals surface area contributed by atoms with Crippen LogP contribution in [0.4, 0.5) is 0 Å². The van der Waals surface area contributed by atoms with Crippen molar-refractivity contribution in [2.45, 2.75) is 97.3 Å². The second-order valence-corrected chi connectivity index (χ2v) is 8.56. The van der Waals surface area contributed by atoms with Crippen LogP contribution in [0.15, 0.2) is 11.5 Å². The molecule has 0 bridgehead atoms. The minimum absolute atomic E-state index is 0.157. The van der Waals surface area contributed by atoms with E-state index >= 15 is 0 Å². The van der Waals surface area contributed by atoms with Gasteiger partial charge in [-0.05, 0) is 85.3 Å². The van der Waals surface area contributed by atoms with Gasteiger partial charge >= 0.3 is 7.12 Å². The molecule has 2 rings (SSSR count). The van der Waals surface area contributed by atoms with Crippen molar-refractivity contribution in [2.24, 2.45) is 0 Å². The smallest absolute Gasteiger partial charge is 0.400 e. The molecule has 3 nitrogen and oxygen atoms in total. The average Bonchev–Trinajstić information content (AvgIpc) is 2.68. The molecule has 1 atom stereocenters. The zero-order chi connectivity index (χ0) is 17.3. The van der Waals surface area contributed by atoms with Crippen molar-refractivity contribution in [3.8, 4) is 0 Å². The quantitative estimate of drug-likeness (QED) is 0.667. The van der Waals surface area contributed by atoms with Gasteiger partial charge in [0.25, 0.3) is 0 Å². The molecule has 1 aliphatic carbocycles. The maximum atomic E-state index is 6.22. The molecule has 0 N–H and O–H groups in total. The number of hydrogen-bond donors (Lipinski definition) is 0. The van der Waals surface area contributed by atoms with E-state index in [1.165, 1.54) is 37.8 Å². The van der Waals surface area contributed by atoms with Crippen LogP contribution in [0, 0.1) is 0 Å². The van der Waals surface area contributed by atoms with Crippen molar-refractivity contribution in [1.82, 2.24) is 4.90 Å². The molecular weight excluding hydrogens is 285 g/mol. The Kier molecular flexibility index (Phi) is 5.70. The molecule has 4 heteroatoms. The standard InChI is InChI=1S/C19H36BNO2/c1-8-14-21(15-9-2)19(7)12-10-16(11-13-19)20-22-17(3,4)18(5,6)23-20/h10H,8-9,11-15H2,1-7H3. The van der Waals surface area contributed by atoms with Crippen molar-refractivity contribution in [1.29, 1.82) is 0 Å². The fraction of sp³-hybridized carbons (Fsp3) is 0.895. The monoisotopic (exact) mass is 321 g/mol. The Morgan fingerprint density at radius 1 is 1.00 bits per heavy atom. The highest BCUT2D eigenvalue weighted by Gasteiger charge is 2.52. The van der Waals surface area contributed by atoms with Crippen LogP contribution in [0.2, 0.25) is 0 Å². The molecule has 1 fully saturated rings. The van der Waals surface area contributed by atoms with Gasteiger partial charge < -0.3 is 9.31 Å². The topological polar surface area (TPSA) is 21.7 Å². The molecule has 0 aromatic carbocycles. The molecule has 0 aromatic heterocycles. The first kappa shape index (κ1) is 19.0. The second-order valence-electron chi connectivity index (χ2n) is 8.56. The Bertz CT molecular complexity index is 425. The van der Waals surface area contributed by atoms with Crippen LogP contribution in [0.3, 0.4) is 0 Å². The highest BCUT2D eigenvalue weighted by atomic mass is 16.7. The van der Waals surface area contributed by atoms with E-state index in [1.54, 1.807) is 0 Å². The summed E-state index contributed by atoms with van der Waals surface area (Å²) in [7, 11) is -0.157. The number of allylic oxidation sites excluding steroid dienone is 1. The van der Waals surface area contributed by atoms with Crippen LogP contribution < -0.4 is 0 Å². The summed E-state index contributed by atoms with van der Waals surface area (Å²) >= 11 is 0. The Morgan fingerprint density at radius 3 is 1.91 bits per heavy atom. The Morgan fingerprint density at radius 2 is 1.52 bits per heavy atom. The first-order valence-corrected chi connectivity index (χ1v) is 9.45. The van der Waals surface area contributed by atoms with E-state index < -0.39 is 0 Å². The summed E-state index contributed by atoms with van der Waals surface area (Å²) in [6, 6.07) is 0. The molecular formula is C19H36BNO2. The molecule has 1 unspecified atom stereocenters. The Hall–Kier alpha value is -0.315. The summed E-state index contributed by atoms with van der Waals surface area (Å²) in [6.45, 7) is 17.9. The van der Waals surface area contributed by atoms with Crippen molar-refractivity contribution in [3.63, 3.8) is 0 Å². The third-order valence-electron chi connectivity index (χ3n) is 6.06. The normalized spacial score (nSPS) is 29.9. The lowest BCUT2D eigenvalue weighted by Gasteiger charge is -2.43. The summed E-state index contributed by atoms with van der Waals surface area (Å²) in [6.07, 6.45) is 8.23. The SMILES string of the molecule is CCCN(CCC)C1(C)CC=C(B2OC(C)(C)C(C)(C)O2)CC1. The van der Waals surface area contributed by atoms with Gasteiger partial charge in [-0.25, -0.2) is 0 Å². The maximum Gasteiger partial charge on any atom is 0.490 e. The minimum atomic E-state index is -0.240. The first-order chi connectivity index (χ1) is 10.6. The van der Waals surface area contributed by atoms with Gasteiger partial charge in [0, 0.05) is 5.54 Å². The molecule has 132 valence electrons. The van der Waals surface area contributed by atoms with E-state index in [9.17, 15) is 0 Å². The van der Waals surface area contributed by atoms with Gasteiger partial charge in [0.15, 0.2) is 0 Å². The second kappa shape index (κ2) is 6.89. The van der Waals surface area contributed by atoms with E-state index in [0.717, 1.165) is 12.8 Å². The van der Waals surface area contributed by atoms with Crippen LogP contribution in [-0.4, -0.2) is 41.8 Å². The molecule has 0 saturated carbocycles. The zero-order valence-electron chi connectivity index (χ0n) is 16.4. The number of hydrogen-bond acceptors (Lipinski definition) is 3. The highest BCUT2D eigenvalue weighted by Crippen LogP contribution is 2.42. The summed E-state index contributed by atoms with van der Waals surface area (Å²) in [4.78, 5) is 2.69.